The number of nitro groups is 1. The van der Waals surface area contributed by atoms with Crippen LogP contribution in [0.15, 0.2) is 23.6 Å². The highest BCUT2D eigenvalue weighted by Gasteiger charge is 2.23. The van der Waals surface area contributed by atoms with Gasteiger partial charge in [0.2, 0.25) is 0 Å². The monoisotopic (exact) mass is 449 g/mol. The number of benzene rings is 1. The van der Waals surface area contributed by atoms with Gasteiger partial charge in [-0.05, 0) is 19.9 Å². The van der Waals surface area contributed by atoms with Crippen LogP contribution in [0.25, 0.3) is 0 Å². The largest absolute Gasteiger partial charge is 0.383 e. The van der Waals surface area contributed by atoms with E-state index in [4.69, 9.17) is 9.47 Å². The molecule has 0 radical (unpaired) electrons. The summed E-state index contributed by atoms with van der Waals surface area (Å²) in [5, 5.41) is 19.3. The molecule has 0 bridgehead atoms. The molecule has 2 unspecified atom stereocenters. The average Bonchev–Trinajstić information content (AvgIpc) is 3.14. The van der Waals surface area contributed by atoms with Crippen molar-refractivity contribution in [3.8, 4) is 0 Å². The molecule has 0 saturated carbocycles. The van der Waals surface area contributed by atoms with E-state index in [2.05, 4.69) is 20.5 Å². The number of rotatable bonds is 9. The smallest absolute Gasteiger partial charge is 0.270 e. The number of hydrogen-bond acceptors (Lipinski definition) is 9. The molecule has 10 nitrogen and oxygen atoms in total. The van der Waals surface area contributed by atoms with Crippen molar-refractivity contribution in [3.63, 3.8) is 0 Å². The number of carbonyl (C=O) groups excluding carboxylic acids is 1. The lowest BCUT2D eigenvalue weighted by molar-refractivity contribution is -0.384. The number of nitrogens with one attached hydrogen (secondary N) is 2. The summed E-state index contributed by atoms with van der Waals surface area (Å²) in [6.07, 6.45) is 0.332. The van der Waals surface area contributed by atoms with Gasteiger partial charge in [-0.25, -0.2) is 4.98 Å². The van der Waals surface area contributed by atoms with Crippen molar-refractivity contribution in [2.75, 3.05) is 44.0 Å². The molecule has 1 aromatic carbocycles. The van der Waals surface area contributed by atoms with Crippen LogP contribution in [-0.4, -0.2) is 66.3 Å². The fourth-order valence-electron chi connectivity index (χ4n) is 3.52. The number of non-ortho nitro benzene ring substituents is 1. The lowest BCUT2D eigenvalue weighted by Crippen LogP contribution is -2.44. The molecule has 2 N–H and O–H groups in total. The van der Waals surface area contributed by atoms with E-state index < -0.39 is 10.8 Å². The maximum Gasteiger partial charge on any atom is 0.270 e. The van der Waals surface area contributed by atoms with E-state index in [-0.39, 0.29) is 23.5 Å². The van der Waals surface area contributed by atoms with Gasteiger partial charge < -0.3 is 14.8 Å². The van der Waals surface area contributed by atoms with Crippen LogP contribution in [0.3, 0.4) is 0 Å². The number of ether oxygens (including phenoxy) is 2. The second-order valence-corrected chi connectivity index (χ2v) is 8.31. The molecule has 1 fully saturated rings. The number of carbonyl (C=O) groups is 1. The Morgan fingerprint density at radius 1 is 1.39 bits per heavy atom. The fourth-order valence-corrected chi connectivity index (χ4v) is 4.22. The van der Waals surface area contributed by atoms with E-state index in [9.17, 15) is 14.9 Å². The van der Waals surface area contributed by atoms with Gasteiger partial charge in [0.15, 0.2) is 5.13 Å². The zero-order chi connectivity index (χ0) is 22.4. The summed E-state index contributed by atoms with van der Waals surface area (Å²) in [4.78, 5) is 30.3. The number of morpholine rings is 1. The molecule has 1 amide bonds. The average molecular weight is 450 g/mol. The summed E-state index contributed by atoms with van der Waals surface area (Å²) in [5.74, 6) is -0.460. The molecule has 2 atom stereocenters. The van der Waals surface area contributed by atoms with Crippen LogP contribution < -0.4 is 10.6 Å². The first kappa shape index (κ1) is 23.1. The number of methoxy groups -OCH3 is 1. The van der Waals surface area contributed by atoms with Crippen LogP contribution in [0.4, 0.5) is 16.5 Å². The Kier molecular flexibility index (Phi) is 7.91. The molecule has 1 saturated heterocycles. The maximum atomic E-state index is 12.9. The molecule has 31 heavy (non-hydrogen) atoms. The summed E-state index contributed by atoms with van der Waals surface area (Å²) < 4.78 is 10.8. The van der Waals surface area contributed by atoms with Crippen LogP contribution in [0.2, 0.25) is 0 Å². The lowest BCUT2D eigenvalue weighted by Gasteiger charge is -2.34. The van der Waals surface area contributed by atoms with Crippen LogP contribution in [0.1, 0.15) is 29.9 Å². The van der Waals surface area contributed by atoms with E-state index in [1.165, 1.54) is 29.5 Å². The SMILES string of the molecule is COCCNc1ccc([N+](=O)[O-])cc1C(=O)Nc1nc(CN2CC(C)OC(C)C2)cs1. The zero-order valence-electron chi connectivity index (χ0n) is 17.8. The lowest BCUT2D eigenvalue weighted by atomic mass is 10.1. The number of amides is 1. The van der Waals surface area contributed by atoms with Crippen molar-refractivity contribution in [1.29, 1.82) is 0 Å². The molecule has 1 aromatic heterocycles. The number of hydrogen-bond donors (Lipinski definition) is 2. The maximum absolute atomic E-state index is 12.9. The minimum atomic E-state index is -0.526. The van der Waals surface area contributed by atoms with Crippen molar-refractivity contribution < 1.29 is 19.2 Å². The predicted molar refractivity (Wildman–Crippen MR) is 119 cm³/mol. The van der Waals surface area contributed by atoms with E-state index in [1.54, 1.807) is 7.11 Å². The minimum absolute atomic E-state index is 0.155. The second kappa shape index (κ2) is 10.6. The quantitative estimate of drug-likeness (QED) is 0.341. The first-order valence-electron chi connectivity index (χ1n) is 10.0. The molecule has 2 aromatic rings. The van der Waals surface area contributed by atoms with Crippen molar-refractivity contribution in [2.45, 2.75) is 32.6 Å². The van der Waals surface area contributed by atoms with Crippen molar-refractivity contribution in [1.82, 2.24) is 9.88 Å². The fraction of sp³-hybridized carbons (Fsp3) is 0.500. The molecule has 168 valence electrons. The molecule has 11 heteroatoms. The summed E-state index contributed by atoms with van der Waals surface area (Å²) in [7, 11) is 1.57. The van der Waals surface area contributed by atoms with E-state index >= 15 is 0 Å². The molecule has 1 aliphatic heterocycles. The van der Waals surface area contributed by atoms with E-state index in [0.29, 0.717) is 30.5 Å². The van der Waals surface area contributed by atoms with Crippen LogP contribution in [-0.2, 0) is 16.0 Å². The Balaban J connectivity index is 1.69. The highest BCUT2D eigenvalue weighted by atomic mass is 32.1. The number of thiazole rings is 1. The predicted octanol–water partition coefficient (Wildman–Crippen LogP) is 2.97. The zero-order valence-corrected chi connectivity index (χ0v) is 18.6. The first-order valence-corrected chi connectivity index (χ1v) is 10.9. The Hall–Kier alpha value is -2.60. The number of nitrogens with zero attached hydrogens (tertiary/aromatic N) is 3. The normalized spacial score (nSPS) is 19.2. The Morgan fingerprint density at radius 2 is 2.13 bits per heavy atom. The highest BCUT2D eigenvalue weighted by molar-refractivity contribution is 7.14. The Labute approximate surface area is 184 Å². The third-order valence-corrected chi connectivity index (χ3v) is 5.54. The summed E-state index contributed by atoms with van der Waals surface area (Å²) >= 11 is 1.33. The van der Waals surface area contributed by atoms with Gasteiger partial charge in [-0.3, -0.25) is 25.1 Å². The van der Waals surface area contributed by atoms with Gasteiger partial charge >= 0.3 is 0 Å². The number of aromatic nitrogens is 1. The molecular formula is C20H27N5O5S. The van der Waals surface area contributed by atoms with E-state index in [0.717, 1.165) is 18.8 Å². The Morgan fingerprint density at radius 3 is 2.81 bits per heavy atom. The molecule has 0 aliphatic carbocycles. The molecule has 2 heterocycles. The van der Waals surface area contributed by atoms with Gasteiger partial charge in [-0.2, -0.15) is 0 Å². The number of anilines is 2. The standard InChI is InChI=1S/C20H27N5O5S/c1-13-9-24(10-14(2)30-13)11-15-12-31-20(22-15)23-19(26)17-8-16(25(27)28)4-5-18(17)21-6-7-29-3/h4-5,8,12-14,21H,6-7,9-11H2,1-3H3,(H,22,23,26). The van der Waals surface area contributed by atoms with Gasteiger partial charge in [0.1, 0.15) is 0 Å². The second-order valence-electron chi connectivity index (χ2n) is 7.46. The summed E-state index contributed by atoms with van der Waals surface area (Å²) in [6, 6.07) is 4.14. The molecule has 1 aliphatic rings. The van der Waals surface area contributed by atoms with Crippen LogP contribution in [0.5, 0.6) is 0 Å². The van der Waals surface area contributed by atoms with Crippen LogP contribution in [0, 0.1) is 10.1 Å². The third kappa shape index (κ3) is 6.44. The highest BCUT2D eigenvalue weighted by Crippen LogP contribution is 2.25. The summed E-state index contributed by atoms with van der Waals surface area (Å²) in [6.45, 7) is 7.32. The summed E-state index contributed by atoms with van der Waals surface area (Å²) in [5.41, 5.74) is 1.38. The van der Waals surface area contributed by atoms with Crippen molar-refractivity contribution in [3.05, 3.63) is 45.0 Å². The Bertz CT molecular complexity index is 911. The van der Waals surface area contributed by atoms with Gasteiger partial charge in [-0.1, -0.05) is 0 Å². The van der Waals surface area contributed by atoms with Crippen molar-refractivity contribution in [2.24, 2.45) is 0 Å². The third-order valence-electron chi connectivity index (χ3n) is 4.73. The van der Waals surface area contributed by atoms with Crippen LogP contribution >= 0.6 is 11.3 Å². The van der Waals surface area contributed by atoms with E-state index in [1.807, 2.05) is 19.2 Å². The minimum Gasteiger partial charge on any atom is -0.383 e. The number of nitro benzene ring substituents is 1. The van der Waals surface area contributed by atoms with Gasteiger partial charge in [0.25, 0.3) is 11.6 Å². The molecule has 0 spiro atoms. The van der Waals surface area contributed by atoms with Gasteiger partial charge in [0.05, 0.1) is 35.0 Å². The first-order chi connectivity index (χ1) is 14.9. The van der Waals surface area contributed by atoms with Gasteiger partial charge in [-0.15, -0.1) is 11.3 Å². The molecular weight excluding hydrogens is 422 g/mol. The topological polar surface area (TPSA) is 119 Å². The van der Waals surface area contributed by atoms with Crippen molar-refractivity contribution >= 4 is 33.8 Å². The van der Waals surface area contributed by atoms with Gasteiger partial charge in [0, 0.05) is 56.5 Å². The molecule has 3 rings (SSSR count).